The highest BCUT2D eigenvalue weighted by molar-refractivity contribution is 6.23. The van der Waals surface area contributed by atoms with Gasteiger partial charge in [-0.05, 0) is 61.4 Å². The molecule has 0 atom stereocenters. The number of anilines is 2. The van der Waals surface area contributed by atoms with Crippen LogP contribution in [0.3, 0.4) is 0 Å². The van der Waals surface area contributed by atoms with Crippen molar-refractivity contribution in [1.29, 1.82) is 0 Å². The van der Waals surface area contributed by atoms with E-state index in [-0.39, 0.29) is 18.2 Å². The van der Waals surface area contributed by atoms with Crippen LogP contribution in [0.15, 0.2) is 67.3 Å². The summed E-state index contributed by atoms with van der Waals surface area (Å²) in [5.74, 6) is -6.26. The monoisotopic (exact) mass is 654 g/mol. The summed E-state index contributed by atoms with van der Waals surface area (Å²) in [5.41, 5.74) is -2.17. The molecule has 0 radical (unpaired) electrons. The first-order valence-electron chi connectivity index (χ1n) is 13.2. The zero-order valence-electron chi connectivity index (χ0n) is 23.9. The zero-order chi connectivity index (χ0) is 33.9. The first-order valence-corrected chi connectivity index (χ1v) is 13.2. The van der Waals surface area contributed by atoms with E-state index in [4.69, 9.17) is 0 Å². The maximum Gasteiger partial charge on any atom is 0.573 e. The molecule has 1 aliphatic heterocycles. The lowest BCUT2D eigenvalue weighted by Crippen LogP contribution is -2.43. The molecule has 4 rings (SSSR count). The van der Waals surface area contributed by atoms with Gasteiger partial charge in [0.15, 0.2) is 5.75 Å². The Bertz CT molecular complexity index is 1600. The number of nitrogens with zero attached hydrogens (tertiary/aromatic N) is 5. The minimum absolute atomic E-state index is 0.00340. The fourth-order valence-corrected chi connectivity index (χ4v) is 4.27. The van der Waals surface area contributed by atoms with Crippen LogP contribution >= 0.6 is 0 Å². The van der Waals surface area contributed by atoms with E-state index in [1.165, 1.54) is 50.8 Å². The van der Waals surface area contributed by atoms with Crippen LogP contribution in [0.2, 0.25) is 0 Å². The Morgan fingerprint density at radius 3 is 2.26 bits per heavy atom. The average molecular weight is 655 g/mol. The Labute approximate surface area is 256 Å². The van der Waals surface area contributed by atoms with Crippen molar-refractivity contribution < 1.29 is 55.1 Å². The van der Waals surface area contributed by atoms with Crippen LogP contribution in [0.4, 0.5) is 42.5 Å². The van der Waals surface area contributed by atoms with E-state index in [0.29, 0.717) is 34.2 Å². The molecular formula is C28H24F6N6O6. The highest BCUT2D eigenvalue weighted by Crippen LogP contribution is 2.42. The standard InChI is InChI=1S/C28H24F6N6O6/c1-26(2)23(42)39(25(44)38(26)16-17-7-10-35-11-8-17)20-12-19(5-6-21(20)45-28(32,33)34)40(46-24(43)27(29,30)31)22(41)15-37-14-18-4-3-9-36-13-18/h3-13,37H,14-16H2,1-2H3. The third-order valence-electron chi connectivity index (χ3n) is 6.52. The van der Waals surface area contributed by atoms with Crippen molar-refractivity contribution in [2.45, 2.75) is 45.0 Å². The average Bonchev–Trinajstić information content (AvgIpc) is 3.14. The molecule has 0 spiro atoms. The van der Waals surface area contributed by atoms with E-state index in [0.717, 1.165) is 4.90 Å². The summed E-state index contributed by atoms with van der Waals surface area (Å²) in [6.07, 6.45) is -5.17. The lowest BCUT2D eigenvalue weighted by atomic mass is 10.0. The number of nitrogens with one attached hydrogen (secondary N) is 1. The van der Waals surface area contributed by atoms with Crippen molar-refractivity contribution >= 4 is 35.2 Å². The molecular weight excluding hydrogens is 630 g/mol. The van der Waals surface area contributed by atoms with Gasteiger partial charge in [0.2, 0.25) is 0 Å². The quantitative estimate of drug-likeness (QED) is 0.204. The van der Waals surface area contributed by atoms with Crippen LogP contribution in [0, 0.1) is 0 Å². The van der Waals surface area contributed by atoms with E-state index in [2.05, 4.69) is 24.9 Å². The number of hydroxylamine groups is 1. The van der Waals surface area contributed by atoms with Gasteiger partial charge < -0.3 is 19.8 Å². The van der Waals surface area contributed by atoms with E-state index in [9.17, 15) is 45.5 Å². The van der Waals surface area contributed by atoms with Gasteiger partial charge in [0.1, 0.15) is 5.54 Å². The summed E-state index contributed by atoms with van der Waals surface area (Å²) < 4.78 is 83.7. The molecule has 12 nitrogen and oxygen atoms in total. The Kier molecular flexibility index (Phi) is 9.50. The summed E-state index contributed by atoms with van der Waals surface area (Å²) in [7, 11) is 0. The molecule has 4 amide bonds. The second kappa shape index (κ2) is 13.0. The Morgan fingerprint density at radius 2 is 1.65 bits per heavy atom. The van der Waals surface area contributed by atoms with Gasteiger partial charge in [-0.1, -0.05) is 6.07 Å². The van der Waals surface area contributed by atoms with Crippen LogP contribution in [0.25, 0.3) is 0 Å². The number of amides is 4. The van der Waals surface area contributed by atoms with E-state index in [1.807, 2.05) is 0 Å². The summed E-state index contributed by atoms with van der Waals surface area (Å²) >= 11 is 0. The van der Waals surface area contributed by atoms with Gasteiger partial charge in [0.05, 0.1) is 17.9 Å². The smallest absolute Gasteiger partial charge is 0.404 e. The van der Waals surface area contributed by atoms with Gasteiger partial charge >= 0.3 is 24.5 Å². The molecule has 0 aliphatic carbocycles. The number of ether oxygens (including phenoxy) is 1. The van der Waals surface area contributed by atoms with Gasteiger partial charge in [0.25, 0.3) is 11.8 Å². The molecule has 2 aromatic heterocycles. The number of benzene rings is 1. The predicted octanol–water partition coefficient (Wildman–Crippen LogP) is 4.27. The molecule has 0 saturated carbocycles. The molecule has 1 aromatic carbocycles. The first kappa shape index (κ1) is 33.6. The number of aromatic nitrogens is 2. The van der Waals surface area contributed by atoms with Crippen LogP contribution in [0.1, 0.15) is 25.0 Å². The maximum atomic E-state index is 13.6. The molecule has 1 saturated heterocycles. The Hall–Kier alpha value is -5.26. The van der Waals surface area contributed by atoms with Crippen molar-refractivity contribution in [1.82, 2.24) is 20.2 Å². The predicted molar refractivity (Wildman–Crippen MR) is 145 cm³/mol. The number of carbonyl (C=O) groups is 4. The summed E-state index contributed by atoms with van der Waals surface area (Å²) in [6.45, 7) is 1.75. The molecule has 0 unspecified atom stereocenters. The summed E-state index contributed by atoms with van der Waals surface area (Å²) in [6, 6.07) is 7.00. The number of halogens is 6. The normalized spacial score (nSPS) is 14.8. The SMILES string of the molecule is CC1(C)C(=O)N(c2cc(N(OC(=O)C(F)(F)F)C(=O)CNCc3cccnc3)ccc2OC(F)(F)F)C(=O)N1Cc1ccncc1. The number of hydrogen-bond donors (Lipinski definition) is 1. The molecule has 18 heteroatoms. The van der Waals surface area contributed by atoms with Crippen LogP contribution in [0.5, 0.6) is 5.75 Å². The number of alkyl halides is 6. The van der Waals surface area contributed by atoms with Crippen molar-refractivity contribution in [3.63, 3.8) is 0 Å². The lowest BCUT2D eigenvalue weighted by Gasteiger charge is -2.27. The van der Waals surface area contributed by atoms with Crippen molar-refractivity contribution in [2.75, 3.05) is 16.5 Å². The second-order valence-electron chi connectivity index (χ2n) is 10.2. The summed E-state index contributed by atoms with van der Waals surface area (Å²) in [4.78, 5) is 65.4. The number of rotatable bonds is 9. The van der Waals surface area contributed by atoms with Crippen LogP contribution in [-0.2, 0) is 32.3 Å². The molecule has 1 N–H and O–H groups in total. The first-order chi connectivity index (χ1) is 21.5. The second-order valence-corrected chi connectivity index (χ2v) is 10.2. The number of pyridine rings is 2. The third-order valence-corrected chi connectivity index (χ3v) is 6.52. The summed E-state index contributed by atoms with van der Waals surface area (Å²) in [5, 5.41) is 2.51. The fourth-order valence-electron chi connectivity index (χ4n) is 4.27. The maximum absolute atomic E-state index is 13.6. The van der Waals surface area contributed by atoms with E-state index in [1.54, 1.807) is 12.1 Å². The topological polar surface area (TPSA) is 134 Å². The molecule has 0 bridgehead atoms. The largest absolute Gasteiger partial charge is 0.573 e. The number of hydrogen-bond acceptors (Lipinski definition) is 9. The third kappa shape index (κ3) is 7.68. The number of urea groups is 1. The molecule has 1 fully saturated rings. The van der Waals surface area contributed by atoms with Gasteiger partial charge in [0, 0.05) is 37.9 Å². The van der Waals surface area contributed by atoms with Crippen molar-refractivity contribution in [3.05, 3.63) is 78.4 Å². The van der Waals surface area contributed by atoms with Gasteiger partial charge in [-0.25, -0.2) is 14.5 Å². The van der Waals surface area contributed by atoms with Crippen molar-refractivity contribution in [2.24, 2.45) is 0 Å². The van der Waals surface area contributed by atoms with Crippen LogP contribution in [-0.4, -0.2) is 63.3 Å². The van der Waals surface area contributed by atoms with Gasteiger partial charge in [-0.2, -0.15) is 13.2 Å². The van der Waals surface area contributed by atoms with Crippen LogP contribution < -0.4 is 20.0 Å². The highest BCUT2D eigenvalue weighted by atomic mass is 19.4. The molecule has 46 heavy (non-hydrogen) atoms. The number of imide groups is 1. The Balaban J connectivity index is 1.74. The minimum atomic E-state index is -5.58. The number of carbonyl (C=O) groups excluding carboxylic acids is 4. The lowest BCUT2D eigenvalue weighted by molar-refractivity contribution is -0.274. The zero-order valence-corrected chi connectivity index (χ0v) is 23.9. The molecule has 3 aromatic rings. The molecule has 1 aliphatic rings. The molecule has 244 valence electrons. The van der Waals surface area contributed by atoms with Crippen molar-refractivity contribution in [3.8, 4) is 5.75 Å². The fraction of sp³-hybridized carbons (Fsp3) is 0.286. The minimum Gasteiger partial charge on any atom is -0.404 e. The van der Waals surface area contributed by atoms with E-state index >= 15 is 0 Å². The highest BCUT2D eigenvalue weighted by Gasteiger charge is 2.53. The van der Waals surface area contributed by atoms with Gasteiger partial charge in [-0.15, -0.1) is 18.2 Å². The van der Waals surface area contributed by atoms with Gasteiger partial charge in [-0.3, -0.25) is 19.6 Å². The van der Waals surface area contributed by atoms with E-state index < -0.39 is 65.6 Å². The molecule has 3 heterocycles. The Morgan fingerprint density at radius 1 is 0.957 bits per heavy atom.